The lowest BCUT2D eigenvalue weighted by Gasteiger charge is -2.14. The van der Waals surface area contributed by atoms with Crippen LogP contribution in [0.15, 0.2) is 36.4 Å². The minimum absolute atomic E-state index is 0.303. The zero-order valence-electron chi connectivity index (χ0n) is 12.8. The zero-order chi connectivity index (χ0) is 17.0. The number of rotatable bonds is 5. The van der Waals surface area contributed by atoms with Crippen molar-refractivity contribution in [3.05, 3.63) is 64.7 Å². The average Bonchev–Trinajstić information content (AvgIpc) is 2.52. The number of aliphatic hydroxyl groups is 1. The van der Waals surface area contributed by atoms with Crippen molar-refractivity contribution in [2.24, 2.45) is 0 Å². The van der Waals surface area contributed by atoms with E-state index in [0.717, 1.165) is 12.1 Å². The van der Waals surface area contributed by atoms with Gasteiger partial charge in [0.2, 0.25) is 0 Å². The Bertz CT molecular complexity index is 699. The van der Waals surface area contributed by atoms with Crippen LogP contribution < -0.4 is 10.1 Å². The van der Waals surface area contributed by atoms with E-state index in [-0.39, 0.29) is 6.54 Å². The fraction of sp³-hybridized carbons (Fsp3) is 0.235. The molecule has 1 amide bonds. The molecule has 0 unspecified atom stereocenters. The van der Waals surface area contributed by atoms with Crippen LogP contribution in [0, 0.1) is 18.6 Å². The van der Waals surface area contributed by atoms with Crippen LogP contribution in [0.4, 0.5) is 8.78 Å². The Labute approximate surface area is 132 Å². The number of aryl methyl sites for hydroxylation is 1. The Morgan fingerprint density at radius 1 is 1.26 bits per heavy atom. The number of hydrogen-bond donors (Lipinski definition) is 2. The number of carbonyl (C=O) groups excluding carboxylic acids is 1. The first-order valence-corrected chi connectivity index (χ1v) is 6.99. The molecule has 2 aromatic carbocycles. The van der Waals surface area contributed by atoms with Gasteiger partial charge in [-0.3, -0.25) is 4.79 Å². The van der Waals surface area contributed by atoms with E-state index in [0.29, 0.717) is 16.9 Å². The van der Waals surface area contributed by atoms with Gasteiger partial charge >= 0.3 is 0 Å². The van der Waals surface area contributed by atoms with Gasteiger partial charge in [0.05, 0.1) is 12.7 Å². The fourth-order valence-corrected chi connectivity index (χ4v) is 2.23. The van der Waals surface area contributed by atoms with Gasteiger partial charge in [-0.2, -0.15) is 0 Å². The van der Waals surface area contributed by atoms with E-state index in [1.165, 1.54) is 13.2 Å². The summed E-state index contributed by atoms with van der Waals surface area (Å²) in [6.07, 6.45) is -1.47. The van der Waals surface area contributed by atoms with E-state index in [1.807, 2.05) is 0 Å². The molecule has 0 radical (unpaired) electrons. The summed E-state index contributed by atoms with van der Waals surface area (Å²) in [6.45, 7) is 1.44. The Hall–Kier alpha value is -2.47. The monoisotopic (exact) mass is 321 g/mol. The van der Waals surface area contributed by atoms with Gasteiger partial charge in [0.15, 0.2) is 0 Å². The number of carbonyl (C=O) groups is 1. The molecule has 0 saturated heterocycles. The molecule has 0 heterocycles. The predicted molar refractivity (Wildman–Crippen MR) is 81.4 cm³/mol. The van der Waals surface area contributed by atoms with Crippen molar-refractivity contribution in [3.63, 3.8) is 0 Å². The molecule has 23 heavy (non-hydrogen) atoms. The SMILES string of the molecule is COc1ccc(C(=O)NC[C@H](O)c2c(F)cccc2F)c(C)c1. The molecule has 0 aliphatic heterocycles. The summed E-state index contributed by atoms with van der Waals surface area (Å²) >= 11 is 0. The lowest BCUT2D eigenvalue weighted by molar-refractivity contribution is 0.0910. The van der Waals surface area contributed by atoms with E-state index >= 15 is 0 Å². The maximum Gasteiger partial charge on any atom is 0.251 e. The zero-order valence-corrected chi connectivity index (χ0v) is 12.8. The maximum atomic E-state index is 13.6. The maximum absolute atomic E-state index is 13.6. The summed E-state index contributed by atoms with van der Waals surface area (Å²) in [4.78, 5) is 12.1. The second-order valence-electron chi connectivity index (χ2n) is 5.04. The first kappa shape index (κ1) is 16.9. The van der Waals surface area contributed by atoms with Crippen LogP contribution in [-0.2, 0) is 0 Å². The van der Waals surface area contributed by atoms with Crippen LogP contribution in [0.5, 0.6) is 5.75 Å². The van der Waals surface area contributed by atoms with Crippen molar-refractivity contribution >= 4 is 5.91 Å². The van der Waals surface area contributed by atoms with Crippen molar-refractivity contribution in [1.82, 2.24) is 5.32 Å². The molecule has 0 saturated carbocycles. The number of benzene rings is 2. The van der Waals surface area contributed by atoms with Gasteiger partial charge in [-0.1, -0.05) is 6.07 Å². The molecule has 0 aliphatic rings. The average molecular weight is 321 g/mol. The highest BCUT2D eigenvalue weighted by molar-refractivity contribution is 5.95. The van der Waals surface area contributed by atoms with Crippen LogP contribution >= 0.6 is 0 Å². The van der Waals surface area contributed by atoms with Crippen molar-refractivity contribution in [3.8, 4) is 5.75 Å². The lowest BCUT2D eigenvalue weighted by Crippen LogP contribution is -2.29. The Balaban J connectivity index is 2.07. The summed E-state index contributed by atoms with van der Waals surface area (Å²) in [6, 6.07) is 8.23. The summed E-state index contributed by atoms with van der Waals surface area (Å²) in [5, 5.41) is 12.4. The van der Waals surface area contributed by atoms with Gasteiger partial charge in [-0.15, -0.1) is 0 Å². The van der Waals surface area contributed by atoms with Gasteiger partial charge in [0, 0.05) is 12.1 Å². The van der Waals surface area contributed by atoms with Gasteiger partial charge < -0.3 is 15.2 Å². The smallest absolute Gasteiger partial charge is 0.251 e. The predicted octanol–water partition coefficient (Wildman–Crippen LogP) is 2.75. The van der Waals surface area contributed by atoms with Crippen molar-refractivity contribution < 1.29 is 23.4 Å². The third-order valence-corrected chi connectivity index (χ3v) is 3.47. The highest BCUT2D eigenvalue weighted by Gasteiger charge is 2.19. The number of halogens is 2. The standard InChI is InChI=1S/C17H17F2NO3/c1-10-8-11(23-2)6-7-12(10)17(22)20-9-15(21)16-13(18)4-3-5-14(16)19/h3-8,15,21H,9H2,1-2H3,(H,20,22)/t15-/m0/s1. The normalized spacial score (nSPS) is 11.9. The molecule has 6 heteroatoms. The van der Waals surface area contributed by atoms with Crippen LogP contribution in [0.3, 0.4) is 0 Å². The van der Waals surface area contributed by atoms with E-state index in [2.05, 4.69) is 5.32 Å². The fourth-order valence-electron chi connectivity index (χ4n) is 2.23. The van der Waals surface area contributed by atoms with Crippen LogP contribution in [-0.4, -0.2) is 24.7 Å². The minimum Gasteiger partial charge on any atom is -0.497 e. The number of ether oxygens (including phenoxy) is 1. The van der Waals surface area contributed by atoms with Crippen LogP contribution in [0.2, 0.25) is 0 Å². The second kappa shape index (κ2) is 7.19. The molecule has 2 aromatic rings. The molecular formula is C17H17F2NO3. The van der Waals surface area contributed by atoms with E-state index in [4.69, 9.17) is 4.74 Å². The number of amides is 1. The van der Waals surface area contributed by atoms with Crippen molar-refractivity contribution in [2.75, 3.05) is 13.7 Å². The molecule has 0 spiro atoms. The summed E-state index contributed by atoms with van der Waals surface area (Å²) in [5.74, 6) is -1.53. The molecule has 0 aromatic heterocycles. The minimum atomic E-state index is -1.47. The molecule has 122 valence electrons. The number of aliphatic hydroxyl groups excluding tert-OH is 1. The quantitative estimate of drug-likeness (QED) is 0.890. The van der Waals surface area contributed by atoms with Crippen molar-refractivity contribution in [1.29, 1.82) is 0 Å². The topological polar surface area (TPSA) is 58.6 Å². The molecule has 0 bridgehead atoms. The third kappa shape index (κ3) is 3.84. The largest absolute Gasteiger partial charge is 0.497 e. The van der Waals surface area contributed by atoms with Crippen molar-refractivity contribution in [2.45, 2.75) is 13.0 Å². The third-order valence-electron chi connectivity index (χ3n) is 3.47. The van der Waals surface area contributed by atoms with Gasteiger partial charge in [0.1, 0.15) is 23.5 Å². The Kier molecular flexibility index (Phi) is 5.28. The molecule has 1 atom stereocenters. The lowest BCUT2D eigenvalue weighted by atomic mass is 10.1. The van der Waals surface area contributed by atoms with Gasteiger partial charge in [0.25, 0.3) is 5.91 Å². The highest BCUT2D eigenvalue weighted by Crippen LogP contribution is 2.21. The molecular weight excluding hydrogens is 304 g/mol. The highest BCUT2D eigenvalue weighted by atomic mass is 19.1. The summed E-state index contributed by atoms with van der Waals surface area (Å²) in [7, 11) is 1.52. The van der Waals surface area contributed by atoms with E-state index in [9.17, 15) is 18.7 Å². The molecule has 2 rings (SSSR count). The summed E-state index contributed by atoms with van der Waals surface area (Å²) in [5.41, 5.74) is 0.625. The van der Waals surface area contributed by atoms with Crippen LogP contribution in [0.1, 0.15) is 27.6 Å². The van der Waals surface area contributed by atoms with E-state index < -0.39 is 29.2 Å². The number of methoxy groups -OCH3 is 1. The number of hydrogen-bond acceptors (Lipinski definition) is 3. The Morgan fingerprint density at radius 3 is 2.48 bits per heavy atom. The first-order chi connectivity index (χ1) is 10.9. The van der Waals surface area contributed by atoms with E-state index in [1.54, 1.807) is 25.1 Å². The summed E-state index contributed by atoms with van der Waals surface area (Å²) < 4.78 is 32.2. The molecule has 2 N–H and O–H groups in total. The van der Waals surface area contributed by atoms with Crippen LogP contribution in [0.25, 0.3) is 0 Å². The Morgan fingerprint density at radius 2 is 1.91 bits per heavy atom. The molecule has 0 fully saturated rings. The molecule has 4 nitrogen and oxygen atoms in total. The second-order valence-corrected chi connectivity index (χ2v) is 5.04. The van der Waals surface area contributed by atoms with Gasteiger partial charge in [-0.05, 0) is 42.8 Å². The molecule has 0 aliphatic carbocycles. The van der Waals surface area contributed by atoms with Gasteiger partial charge in [-0.25, -0.2) is 8.78 Å². The first-order valence-electron chi connectivity index (χ1n) is 6.99. The number of nitrogens with one attached hydrogen (secondary N) is 1.